The van der Waals surface area contributed by atoms with Crippen LogP contribution in [-0.2, 0) is 0 Å². The van der Waals surface area contributed by atoms with Crippen molar-refractivity contribution in [2.24, 2.45) is 0 Å². The fraction of sp³-hybridized carbons (Fsp3) is 0.250. The van der Waals surface area contributed by atoms with Crippen molar-refractivity contribution in [3.8, 4) is 0 Å². The van der Waals surface area contributed by atoms with Gasteiger partial charge in [-0.25, -0.2) is 0 Å². The molecule has 1 aromatic heterocycles. The molecule has 0 saturated carbocycles. The summed E-state index contributed by atoms with van der Waals surface area (Å²) in [4.78, 5) is 28.1. The summed E-state index contributed by atoms with van der Waals surface area (Å²) in [6.45, 7) is 2.12. The van der Waals surface area contributed by atoms with Crippen LogP contribution in [0.1, 0.15) is 20.9 Å². The molecule has 0 radical (unpaired) electrons. The molecular formula is C16H15IN2O3. The highest BCUT2D eigenvalue weighted by atomic mass is 127. The van der Waals surface area contributed by atoms with Crippen LogP contribution in [0.25, 0.3) is 0 Å². The fourth-order valence-corrected chi connectivity index (χ4v) is 2.80. The summed E-state index contributed by atoms with van der Waals surface area (Å²) in [5.41, 5.74) is 0.686. The number of halogens is 1. The van der Waals surface area contributed by atoms with E-state index in [1.165, 1.54) is 6.26 Å². The molecule has 2 aromatic rings. The van der Waals surface area contributed by atoms with Crippen molar-refractivity contribution in [2.75, 3.05) is 26.2 Å². The van der Waals surface area contributed by atoms with Gasteiger partial charge in [-0.3, -0.25) is 9.59 Å². The van der Waals surface area contributed by atoms with Gasteiger partial charge < -0.3 is 14.2 Å². The van der Waals surface area contributed by atoms with Crippen LogP contribution in [0.2, 0.25) is 0 Å². The number of hydrogen-bond donors (Lipinski definition) is 0. The maximum absolute atomic E-state index is 12.4. The third kappa shape index (κ3) is 3.16. The molecule has 2 amide bonds. The van der Waals surface area contributed by atoms with Gasteiger partial charge in [-0.2, -0.15) is 0 Å². The number of carbonyl (C=O) groups excluding carboxylic acids is 2. The Morgan fingerprint density at radius 1 is 0.909 bits per heavy atom. The molecular weight excluding hydrogens is 395 g/mol. The highest BCUT2D eigenvalue weighted by Gasteiger charge is 2.26. The van der Waals surface area contributed by atoms with E-state index in [0.29, 0.717) is 37.5 Å². The Labute approximate surface area is 142 Å². The quantitative estimate of drug-likeness (QED) is 0.716. The largest absolute Gasteiger partial charge is 0.459 e. The van der Waals surface area contributed by atoms with E-state index in [1.54, 1.807) is 21.9 Å². The Bertz CT molecular complexity index is 659. The highest BCUT2D eigenvalue weighted by molar-refractivity contribution is 14.1. The van der Waals surface area contributed by atoms with Crippen molar-refractivity contribution in [1.82, 2.24) is 9.80 Å². The number of hydrogen-bond acceptors (Lipinski definition) is 3. The second-order valence-electron chi connectivity index (χ2n) is 5.07. The molecule has 1 aliphatic heterocycles. The molecule has 3 rings (SSSR count). The Morgan fingerprint density at radius 2 is 1.50 bits per heavy atom. The summed E-state index contributed by atoms with van der Waals surface area (Å²) < 4.78 is 6.23. The van der Waals surface area contributed by atoms with Crippen molar-refractivity contribution in [2.45, 2.75) is 0 Å². The van der Waals surface area contributed by atoms with Crippen LogP contribution in [0.15, 0.2) is 47.1 Å². The van der Waals surface area contributed by atoms with Gasteiger partial charge in [-0.15, -0.1) is 0 Å². The second-order valence-corrected chi connectivity index (χ2v) is 6.31. The molecule has 114 valence electrons. The minimum atomic E-state index is -0.119. The first-order valence-corrected chi connectivity index (χ1v) is 8.10. The second kappa shape index (κ2) is 6.51. The smallest absolute Gasteiger partial charge is 0.289 e. The van der Waals surface area contributed by atoms with E-state index in [1.807, 2.05) is 24.3 Å². The zero-order chi connectivity index (χ0) is 15.5. The normalized spacial score (nSPS) is 15.0. The third-order valence-corrected chi connectivity index (χ3v) is 4.40. The summed E-state index contributed by atoms with van der Waals surface area (Å²) in [5.74, 6) is 0.241. The average Bonchev–Trinajstić information content (AvgIpc) is 3.09. The summed E-state index contributed by atoms with van der Waals surface area (Å²) in [7, 11) is 0. The van der Waals surface area contributed by atoms with Crippen molar-refractivity contribution in [3.63, 3.8) is 0 Å². The molecule has 0 N–H and O–H groups in total. The summed E-state index contributed by atoms with van der Waals surface area (Å²) in [6, 6.07) is 10.9. The predicted octanol–water partition coefficient (Wildman–Crippen LogP) is 2.48. The average molecular weight is 410 g/mol. The molecule has 0 bridgehead atoms. The summed E-state index contributed by atoms with van der Waals surface area (Å²) >= 11 is 2.21. The monoisotopic (exact) mass is 410 g/mol. The number of nitrogens with zero attached hydrogens (tertiary/aromatic N) is 2. The van der Waals surface area contributed by atoms with Crippen LogP contribution in [0.4, 0.5) is 0 Å². The van der Waals surface area contributed by atoms with Crippen molar-refractivity contribution < 1.29 is 14.0 Å². The topological polar surface area (TPSA) is 53.8 Å². The van der Waals surface area contributed by atoms with Gasteiger partial charge in [-0.1, -0.05) is 0 Å². The van der Waals surface area contributed by atoms with Crippen LogP contribution >= 0.6 is 22.6 Å². The van der Waals surface area contributed by atoms with Crippen molar-refractivity contribution in [1.29, 1.82) is 0 Å². The van der Waals surface area contributed by atoms with Crippen LogP contribution in [0.3, 0.4) is 0 Å². The molecule has 1 saturated heterocycles. The SMILES string of the molecule is O=C(c1ccc(I)cc1)N1CCN(C(=O)c2ccco2)CC1. The Hall–Kier alpha value is -1.83. The molecule has 0 atom stereocenters. The van der Waals surface area contributed by atoms with Crippen LogP contribution < -0.4 is 0 Å². The summed E-state index contributed by atoms with van der Waals surface area (Å²) in [5, 5.41) is 0. The molecule has 1 aliphatic rings. The third-order valence-electron chi connectivity index (χ3n) is 3.68. The fourth-order valence-electron chi connectivity index (χ4n) is 2.44. The maximum atomic E-state index is 12.4. The minimum Gasteiger partial charge on any atom is -0.459 e. The number of carbonyl (C=O) groups is 2. The number of furan rings is 1. The van der Waals surface area contributed by atoms with Gasteiger partial charge in [0.15, 0.2) is 5.76 Å². The molecule has 0 aliphatic carbocycles. The van der Waals surface area contributed by atoms with Crippen molar-refractivity contribution in [3.05, 3.63) is 57.6 Å². The molecule has 1 fully saturated rings. The predicted molar refractivity (Wildman–Crippen MR) is 89.7 cm³/mol. The van der Waals surface area contributed by atoms with E-state index < -0.39 is 0 Å². The van der Waals surface area contributed by atoms with E-state index >= 15 is 0 Å². The first-order chi connectivity index (χ1) is 10.6. The van der Waals surface area contributed by atoms with Crippen LogP contribution in [-0.4, -0.2) is 47.8 Å². The first-order valence-electron chi connectivity index (χ1n) is 7.03. The van der Waals surface area contributed by atoms with E-state index in [9.17, 15) is 9.59 Å². The number of rotatable bonds is 2. The van der Waals surface area contributed by atoms with Crippen LogP contribution in [0.5, 0.6) is 0 Å². The lowest BCUT2D eigenvalue weighted by atomic mass is 10.2. The lowest BCUT2D eigenvalue weighted by Crippen LogP contribution is -2.50. The van der Waals surface area contributed by atoms with Gasteiger partial charge in [0, 0.05) is 35.3 Å². The molecule has 2 heterocycles. The zero-order valence-corrected chi connectivity index (χ0v) is 14.0. The van der Waals surface area contributed by atoms with Gasteiger partial charge in [-0.05, 0) is 59.0 Å². The molecule has 6 heteroatoms. The minimum absolute atomic E-state index is 0.0153. The highest BCUT2D eigenvalue weighted by Crippen LogP contribution is 2.13. The van der Waals surface area contributed by atoms with E-state index in [-0.39, 0.29) is 11.8 Å². The van der Waals surface area contributed by atoms with E-state index in [4.69, 9.17) is 4.42 Å². The number of amides is 2. The van der Waals surface area contributed by atoms with Crippen LogP contribution in [0, 0.1) is 3.57 Å². The lowest BCUT2D eigenvalue weighted by Gasteiger charge is -2.34. The Balaban J connectivity index is 1.60. The Kier molecular flexibility index (Phi) is 4.47. The standard InChI is InChI=1S/C16H15IN2O3/c17-13-5-3-12(4-6-13)15(20)18-7-9-19(10-8-18)16(21)14-2-1-11-22-14/h1-6,11H,7-10H2. The lowest BCUT2D eigenvalue weighted by molar-refractivity contribution is 0.0518. The molecule has 5 nitrogen and oxygen atoms in total. The number of benzene rings is 1. The first kappa shape index (κ1) is 15.1. The van der Waals surface area contributed by atoms with Gasteiger partial charge in [0.1, 0.15) is 0 Å². The van der Waals surface area contributed by atoms with Gasteiger partial charge in [0.25, 0.3) is 11.8 Å². The van der Waals surface area contributed by atoms with E-state index in [0.717, 1.165) is 3.57 Å². The number of piperazine rings is 1. The molecule has 1 aromatic carbocycles. The van der Waals surface area contributed by atoms with E-state index in [2.05, 4.69) is 22.6 Å². The van der Waals surface area contributed by atoms with Gasteiger partial charge in [0.2, 0.25) is 0 Å². The zero-order valence-electron chi connectivity index (χ0n) is 11.9. The Morgan fingerprint density at radius 3 is 2.05 bits per heavy atom. The van der Waals surface area contributed by atoms with Gasteiger partial charge >= 0.3 is 0 Å². The van der Waals surface area contributed by atoms with Gasteiger partial charge in [0.05, 0.1) is 6.26 Å². The van der Waals surface area contributed by atoms with Crippen molar-refractivity contribution >= 4 is 34.4 Å². The molecule has 22 heavy (non-hydrogen) atoms. The molecule has 0 unspecified atom stereocenters. The molecule has 0 spiro atoms. The summed E-state index contributed by atoms with van der Waals surface area (Å²) in [6.07, 6.45) is 1.49. The maximum Gasteiger partial charge on any atom is 0.289 e.